The molecule has 4 N–H and O–H groups in total. The molecule has 2 aromatic rings. The highest BCUT2D eigenvalue weighted by Crippen LogP contribution is 2.32. The zero-order chi connectivity index (χ0) is 17.8. The average molecular weight is 351 g/mol. The molecule has 1 fully saturated rings. The van der Waals surface area contributed by atoms with E-state index < -0.39 is 18.4 Å². The molecule has 1 saturated heterocycles. The van der Waals surface area contributed by atoms with Crippen molar-refractivity contribution in [3.63, 3.8) is 0 Å². The van der Waals surface area contributed by atoms with Crippen molar-refractivity contribution < 1.29 is 24.8 Å². The lowest BCUT2D eigenvalue weighted by Crippen LogP contribution is -2.24. The van der Waals surface area contributed by atoms with E-state index in [1.807, 2.05) is 0 Å². The summed E-state index contributed by atoms with van der Waals surface area (Å²) < 4.78 is 12.9. The molecule has 0 amide bonds. The minimum Gasteiger partial charge on any atom is -0.472 e. The van der Waals surface area contributed by atoms with Gasteiger partial charge >= 0.3 is 0 Å². The third kappa shape index (κ3) is 3.56. The largest absolute Gasteiger partial charge is 0.472 e. The second-order valence-corrected chi connectivity index (χ2v) is 5.54. The van der Waals surface area contributed by atoms with Crippen molar-refractivity contribution in [2.24, 2.45) is 0 Å². The van der Waals surface area contributed by atoms with Gasteiger partial charge in [-0.3, -0.25) is 4.57 Å². The molecule has 3 atom stereocenters. The van der Waals surface area contributed by atoms with Gasteiger partial charge in [-0.1, -0.05) is 12.7 Å². The first-order chi connectivity index (χ1) is 12.2. The number of imidazole rings is 1. The van der Waals surface area contributed by atoms with Crippen LogP contribution in [-0.2, 0) is 4.74 Å². The molecular weight excluding hydrogens is 330 g/mol. The molecule has 0 aliphatic carbocycles. The number of aliphatic hydroxyl groups excluding tert-OH is 3. The smallest absolute Gasteiger partial charge is 0.247 e. The van der Waals surface area contributed by atoms with Gasteiger partial charge in [0, 0.05) is 13.0 Å². The van der Waals surface area contributed by atoms with Crippen molar-refractivity contribution in [1.82, 2.24) is 19.5 Å². The fourth-order valence-electron chi connectivity index (χ4n) is 2.64. The molecule has 1 aliphatic heterocycles. The van der Waals surface area contributed by atoms with E-state index >= 15 is 0 Å². The van der Waals surface area contributed by atoms with Crippen LogP contribution in [0.2, 0.25) is 0 Å². The Labute approximate surface area is 143 Å². The third-order valence-electron chi connectivity index (χ3n) is 3.82. The molecule has 2 aromatic heterocycles. The van der Waals surface area contributed by atoms with Crippen LogP contribution in [0.25, 0.3) is 11.2 Å². The Morgan fingerprint density at radius 3 is 2.96 bits per heavy atom. The van der Waals surface area contributed by atoms with Crippen molar-refractivity contribution in [2.45, 2.75) is 24.9 Å². The number of hydrogen-bond donors (Lipinski definition) is 4. The molecule has 0 aromatic carbocycles. The fourth-order valence-corrected chi connectivity index (χ4v) is 2.64. The topological polar surface area (TPSA) is 135 Å². The van der Waals surface area contributed by atoms with Gasteiger partial charge in [0.1, 0.15) is 18.9 Å². The molecule has 25 heavy (non-hydrogen) atoms. The molecule has 0 unspecified atom stereocenters. The number of fused-ring (bicyclic) bond motifs is 1. The first-order valence-corrected chi connectivity index (χ1v) is 7.95. The van der Waals surface area contributed by atoms with E-state index in [0.717, 1.165) is 0 Å². The molecule has 3 heterocycles. The van der Waals surface area contributed by atoms with E-state index in [0.29, 0.717) is 17.6 Å². The van der Waals surface area contributed by atoms with Crippen molar-refractivity contribution in [1.29, 1.82) is 0 Å². The third-order valence-corrected chi connectivity index (χ3v) is 3.82. The molecule has 0 saturated carbocycles. The molecule has 0 bridgehead atoms. The second-order valence-electron chi connectivity index (χ2n) is 5.54. The van der Waals surface area contributed by atoms with Crippen LogP contribution < -0.4 is 10.1 Å². The quantitative estimate of drug-likeness (QED) is 0.461. The summed E-state index contributed by atoms with van der Waals surface area (Å²) in [5.74, 6) is 0.556. The number of hydrogen-bond acceptors (Lipinski definition) is 9. The van der Waals surface area contributed by atoms with Gasteiger partial charge in [-0.25, -0.2) is 4.98 Å². The number of nitrogens with one attached hydrogen (secondary N) is 1. The molecule has 10 nitrogen and oxygen atoms in total. The van der Waals surface area contributed by atoms with Crippen molar-refractivity contribution in [3.05, 3.63) is 19.0 Å². The Morgan fingerprint density at radius 2 is 2.28 bits per heavy atom. The van der Waals surface area contributed by atoms with Crippen molar-refractivity contribution >= 4 is 17.1 Å². The van der Waals surface area contributed by atoms with Crippen LogP contribution in [0.3, 0.4) is 0 Å². The average Bonchev–Trinajstić information content (AvgIpc) is 3.20. The van der Waals surface area contributed by atoms with Crippen LogP contribution in [0.5, 0.6) is 5.88 Å². The number of nitrogens with zero attached hydrogens (tertiary/aromatic N) is 4. The predicted octanol–water partition coefficient (Wildman–Crippen LogP) is -0.564. The fraction of sp³-hybridized carbons (Fsp3) is 0.533. The highest BCUT2D eigenvalue weighted by atomic mass is 16.5. The molecule has 10 heteroatoms. The van der Waals surface area contributed by atoms with Gasteiger partial charge in [0.25, 0.3) is 0 Å². The number of anilines is 1. The SMILES string of the molecule is C=CCOc1nc(NCCO)nc2c1ncn2[C@@H]1C[C@@H](O)[C@H](CO)O1. The molecule has 136 valence electrons. The second kappa shape index (κ2) is 7.74. The molecule has 1 aliphatic rings. The van der Waals surface area contributed by atoms with Gasteiger partial charge in [0.05, 0.1) is 25.6 Å². The first-order valence-electron chi connectivity index (χ1n) is 7.95. The maximum Gasteiger partial charge on any atom is 0.247 e. The summed E-state index contributed by atoms with van der Waals surface area (Å²) in [6.45, 7) is 3.81. The molecule has 0 radical (unpaired) electrons. The normalized spacial score (nSPS) is 23.1. The molecular formula is C15H21N5O5. The van der Waals surface area contributed by atoms with Crippen LogP contribution in [0.1, 0.15) is 12.6 Å². The Hall–Kier alpha value is -2.27. The van der Waals surface area contributed by atoms with Gasteiger partial charge in [0.2, 0.25) is 11.8 Å². The number of rotatable bonds is 8. The summed E-state index contributed by atoms with van der Waals surface area (Å²) in [5, 5.41) is 31.1. The van der Waals surface area contributed by atoms with Crippen molar-refractivity contribution in [3.8, 4) is 5.88 Å². The van der Waals surface area contributed by atoms with Gasteiger partial charge in [-0.15, -0.1) is 0 Å². The van der Waals surface area contributed by atoms with E-state index in [1.165, 1.54) is 6.33 Å². The van der Waals surface area contributed by atoms with Gasteiger partial charge in [-0.05, 0) is 0 Å². The first kappa shape index (κ1) is 17.5. The maximum absolute atomic E-state index is 9.94. The van der Waals surface area contributed by atoms with E-state index in [2.05, 4.69) is 26.8 Å². The predicted molar refractivity (Wildman–Crippen MR) is 88.2 cm³/mol. The standard InChI is InChI=1S/C15H21N5O5/c1-2-5-24-14-12-13(18-15(19-14)16-3-4-21)20(8-17-12)11-6-9(23)10(7-22)25-11/h2,8-11,21-23H,1,3-7H2,(H,16,18,19)/t9-,10+,11+/m1/s1. The zero-order valence-corrected chi connectivity index (χ0v) is 13.6. The van der Waals surface area contributed by atoms with E-state index in [1.54, 1.807) is 10.6 Å². The minimum absolute atomic E-state index is 0.0698. The summed E-state index contributed by atoms with van der Waals surface area (Å²) in [5.41, 5.74) is 0.909. The maximum atomic E-state index is 9.94. The van der Waals surface area contributed by atoms with Gasteiger partial charge in [0.15, 0.2) is 11.2 Å². The lowest BCUT2D eigenvalue weighted by molar-refractivity contribution is -0.0432. The lowest BCUT2D eigenvalue weighted by atomic mass is 10.2. The lowest BCUT2D eigenvalue weighted by Gasteiger charge is -2.14. The Kier molecular flexibility index (Phi) is 5.43. The van der Waals surface area contributed by atoms with Crippen LogP contribution in [0.4, 0.5) is 5.95 Å². The van der Waals surface area contributed by atoms with E-state index in [9.17, 15) is 10.2 Å². The minimum atomic E-state index is -0.766. The van der Waals surface area contributed by atoms with Gasteiger partial charge < -0.3 is 30.1 Å². The molecule has 0 spiro atoms. The Morgan fingerprint density at radius 1 is 1.44 bits per heavy atom. The van der Waals surface area contributed by atoms with Gasteiger partial charge in [-0.2, -0.15) is 9.97 Å². The summed E-state index contributed by atoms with van der Waals surface area (Å²) in [6, 6.07) is 0. The highest BCUT2D eigenvalue weighted by molar-refractivity contribution is 5.78. The number of aliphatic hydroxyl groups is 3. The van der Waals surface area contributed by atoms with Crippen LogP contribution in [0, 0.1) is 0 Å². The monoisotopic (exact) mass is 351 g/mol. The summed E-state index contributed by atoms with van der Waals surface area (Å²) in [7, 11) is 0. The molecule has 3 rings (SSSR count). The summed E-state index contributed by atoms with van der Waals surface area (Å²) in [6.07, 6.45) is 1.51. The number of ether oxygens (including phenoxy) is 2. The highest BCUT2D eigenvalue weighted by Gasteiger charge is 2.35. The van der Waals surface area contributed by atoms with E-state index in [4.69, 9.17) is 14.6 Å². The van der Waals surface area contributed by atoms with E-state index in [-0.39, 0.29) is 38.2 Å². The van der Waals surface area contributed by atoms with Crippen molar-refractivity contribution in [2.75, 3.05) is 31.7 Å². The zero-order valence-electron chi connectivity index (χ0n) is 13.6. The number of aromatic nitrogens is 4. The van der Waals surface area contributed by atoms with Crippen LogP contribution in [-0.4, -0.2) is 73.4 Å². The van der Waals surface area contributed by atoms with Crippen LogP contribution in [0.15, 0.2) is 19.0 Å². The summed E-state index contributed by atoms with van der Waals surface area (Å²) >= 11 is 0. The Balaban J connectivity index is 1.98. The summed E-state index contributed by atoms with van der Waals surface area (Å²) in [4.78, 5) is 12.9. The Bertz CT molecular complexity index is 736. The van der Waals surface area contributed by atoms with Crippen LogP contribution >= 0.6 is 0 Å².